The first-order valence-electron chi connectivity index (χ1n) is 9.58. The summed E-state index contributed by atoms with van der Waals surface area (Å²) in [6.45, 7) is 2.37. The molecule has 28 heavy (non-hydrogen) atoms. The first kappa shape index (κ1) is 20.6. The maximum Gasteiger partial charge on any atom is 0.236 e. The van der Waals surface area contributed by atoms with Gasteiger partial charge < -0.3 is 10.2 Å². The minimum Gasteiger partial charge on any atom is -0.340 e. The molecule has 0 unspecified atom stereocenters. The molecule has 1 aliphatic rings. The van der Waals surface area contributed by atoms with E-state index in [-0.39, 0.29) is 17.7 Å². The number of amides is 2. The van der Waals surface area contributed by atoms with Gasteiger partial charge in [-0.15, -0.1) is 0 Å². The predicted octanol–water partition coefficient (Wildman–Crippen LogP) is 3.76. The van der Waals surface area contributed by atoms with E-state index < -0.39 is 0 Å². The van der Waals surface area contributed by atoms with E-state index in [1.165, 1.54) is 0 Å². The maximum atomic E-state index is 12.7. The molecule has 1 N–H and O–H groups in total. The second kappa shape index (κ2) is 9.85. The van der Waals surface area contributed by atoms with Crippen molar-refractivity contribution < 1.29 is 9.59 Å². The molecule has 0 aliphatic carbocycles. The number of nitrogens with one attached hydrogen (secondary N) is 1. The van der Waals surface area contributed by atoms with Gasteiger partial charge in [0.1, 0.15) is 0 Å². The number of nitrogens with zero attached hydrogens (tertiary/aromatic N) is 2. The summed E-state index contributed by atoms with van der Waals surface area (Å²) in [4.78, 5) is 29.1. The third-order valence-corrected chi connectivity index (χ3v) is 5.84. The summed E-state index contributed by atoms with van der Waals surface area (Å²) in [5.74, 6) is 0.0140. The van der Waals surface area contributed by atoms with E-state index >= 15 is 0 Å². The Morgan fingerprint density at radius 3 is 2.61 bits per heavy atom. The van der Waals surface area contributed by atoms with Gasteiger partial charge in [0.2, 0.25) is 11.8 Å². The van der Waals surface area contributed by atoms with Crippen LogP contribution in [-0.2, 0) is 16.1 Å². The van der Waals surface area contributed by atoms with Crippen LogP contribution in [0.3, 0.4) is 0 Å². The fourth-order valence-electron chi connectivity index (χ4n) is 3.46. The number of carbonyl (C=O) groups excluding carboxylic acids is 2. The summed E-state index contributed by atoms with van der Waals surface area (Å²) in [6, 6.07) is 17.4. The minimum atomic E-state index is -0.0877. The van der Waals surface area contributed by atoms with E-state index in [1.807, 2.05) is 61.6 Å². The molecule has 148 valence electrons. The van der Waals surface area contributed by atoms with Crippen LogP contribution < -0.4 is 5.32 Å². The van der Waals surface area contributed by atoms with Gasteiger partial charge >= 0.3 is 0 Å². The lowest BCUT2D eigenvalue weighted by Gasteiger charge is -2.32. The Balaban J connectivity index is 1.51. The third-order valence-electron chi connectivity index (χ3n) is 5.07. The zero-order valence-corrected chi connectivity index (χ0v) is 17.7. The molecule has 6 heteroatoms. The zero-order chi connectivity index (χ0) is 19.9. The highest BCUT2D eigenvalue weighted by Crippen LogP contribution is 2.20. The molecule has 0 aromatic heterocycles. The van der Waals surface area contributed by atoms with E-state index in [9.17, 15) is 9.59 Å². The van der Waals surface area contributed by atoms with Gasteiger partial charge in [0.25, 0.3) is 0 Å². The number of halogens is 1. The predicted molar refractivity (Wildman–Crippen MR) is 115 cm³/mol. The molecular weight excluding hydrogens is 418 g/mol. The number of carbonyl (C=O) groups is 2. The molecule has 0 radical (unpaired) electrons. The lowest BCUT2D eigenvalue weighted by Crippen LogP contribution is -2.45. The Hall–Kier alpha value is -2.18. The van der Waals surface area contributed by atoms with Crippen molar-refractivity contribution in [2.45, 2.75) is 19.4 Å². The Bertz CT molecular complexity index is 812. The number of benzene rings is 2. The van der Waals surface area contributed by atoms with Crippen LogP contribution in [0.15, 0.2) is 59.1 Å². The number of para-hydroxylation sites is 1. The summed E-state index contributed by atoms with van der Waals surface area (Å²) < 4.78 is 1.00. The molecular formula is C22H26BrN3O2. The van der Waals surface area contributed by atoms with Gasteiger partial charge in [-0.1, -0.05) is 52.3 Å². The zero-order valence-electron chi connectivity index (χ0n) is 16.1. The van der Waals surface area contributed by atoms with Gasteiger partial charge in [0, 0.05) is 30.3 Å². The second-order valence-corrected chi connectivity index (χ2v) is 8.13. The number of anilines is 1. The molecule has 0 spiro atoms. The van der Waals surface area contributed by atoms with Gasteiger partial charge in [0.05, 0.1) is 12.5 Å². The first-order valence-corrected chi connectivity index (χ1v) is 10.4. The summed E-state index contributed by atoms with van der Waals surface area (Å²) >= 11 is 3.53. The lowest BCUT2D eigenvalue weighted by atomic mass is 9.97. The lowest BCUT2D eigenvalue weighted by molar-refractivity contribution is -0.133. The normalized spacial score (nSPS) is 17.1. The average molecular weight is 444 g/mol. The van der Waals surface area contributed by atoms with Crippen LogP contribution in [0.1, 0.15) is 18.4 Å². The number of likely N-dealkylation sites (N-methyl/N-ethyl adjacent to an activating group) is 1. The molecule has 0 bridgehead atoms. The molecule has 1 heterocycles. The van der Waals surface area contributed by atoms with Crippen molar-refractivity contribution in [3.05, 3.63) is 64.6 Å². The van der Waals surface area contributed by atoms with E-state index in [2.05, 4.69) is 26.1 Å². The van der Waals surface area contributed by atoms with Crippen LogP contribution in [-0.4, -0.2) is 48.3 Å². The van der Waals surface area contributed by atoms with Crippen molar-refractivity contribution in [1.29, 1.82) is 0 Å². The van der Waals surface area contributed by atoms with Crippen molar-refractivity contribution in [3.63, 3.8) is 0 Å². The van der Waals surface area contributed by atoms with E-state index in [0.717, 1.165) is 35.1 Å². The van der Waals surface area contributed by atoms with Crippen molar-refractivity contribution in [3.8, 4) is 0 Å². The highest BCUT2D eigenvalue weighted by atomic mass is 79.9. The summed E-state index contributed by atoms with van der Waals surface area (Å²) in [5.41, 5.74) is 1.89. The molecule has 2 aromatic carbocycles. The third kappa shape index (κ3) is 5.66. The molecule has 1 aliphatic heterocycles. The van der Waals surface area contributed by atoms with Crippen LogP contribution in [0, 0.1) is 5.92 Å². The van der Waals surface area contributed by atoms with Gasteiger partial charge in [-0.05, 0) is 43.1 Å². The maximum absolute atomic E-state index is 12.7. The molecule has 1 atom stereocenters. The highest BCUT2D eigenvalue weighted by molar-refractivity contribution is 9.10. The van der Waals surface area contributed by atoms with E-state index in [4.69, 9.17) is 0 Å². The molecule has 2 amide bonds. The number of rotatable bonds is 6. The highest BCUT2D eigenvalue weighted by Gasteiger charge is 2.27. The summed E-state index contributed by atoms with van der Waals surface area (Å²) in [7, 11) is 1.82. The quantitative estimate of drug-likeness (QED) is 0.739. The topological polar surface area (TPSA) is 52.7 Å². The smallest absolute Gasteiger partial charge is 0.236 e. The minimum absolute atomic E-state index is 0.0323. The average Bonchev–Trinajstić information content (AvgIpc) is 2.70. The first-order chi connectivity index (χ1) is 13.5. The monoisotopic (exact) mass is 443 g/mol. The van der Waals surface area contributed by atoms with Gasteiger partial charge in [-0.3, -0.25) is 14.5 Å². The number of hydrogen-bond donors (Lipinski definition) is 1. The molecule has 1 saturated heterocycles. The largest absolute Gasteiger partial charge is 0.340 e. The number of hydrogen-bond acceptors (Lipinski definition) is 3. The molecule has 3 rings (SSSR count). The second-order valence-electron chi connectivity index (χ2n) is 7.27. The van der Waals surface area contributed by atoms with Crippen molar-refractivity contribution in [2.75, 3.05) is 32.0 Å². The fourth-order valence-corrected chi connectivity index (χ4v) is 3.87. The standard InChI is InChI=1S/C22H26BrN3O2/c1-25(14-17-8-5-6-12-20(17)23)21(27)16-26-13-7-9-18(15-26)22(28)24-19-10-3-2-4-11-19/h2-6,8,10-12,18H,7,9,13-16H2,1H3,(H,24,28)/t18-/m0/s1. The van der Waals surface area contributed by atoms with Gasteiger partial charge in [-0.25, -0.2) is 0 Å². The Morgan fingerprint density at radius 2 is 1.86 bits per heavy atom. The van der Waals surface area contributed by atoms with Crippen molar-refractivity contribution >= 4 is 33.4 Å². The van der Waals surface area contributed by atoms with Crippen molar-refractivity contribution in [1.82, 2.24) is 9.80 Å². The fraction of sp³-hybridized carbons (Fsp3) is 0.364. The van der Waals surface area contributed by atoms with Crippen LogP contribution in [0.2, 0.25) is 0 Å². The molecule has 0 saturated carbocycles. The number of piperidine rings is 1. The Labute approximate surface area is 174 Å². The SMILES string of the molecule is CN(Cc1ccccc1Br)C(=O)CN1CCC[C@H](C(=O)Nc2ccccc2)C1. The summed E-state index contributed by atoms with van der Waals surface area (Å²) in [5, 5.41) is 2.98. The Kier molecular flexibility index (Phi) is 7.23. The van der Waals surface area contributed by atoms with E-state index in [1.54, 1.807) is 4.90 Å². The van der Waals surface area contributed by atoms with Gasteiger partial charge in [0.15, 0.2) is 0 Å². The summed E-state index contributed by atoms with van der Waals surface area (Å²) in [6.07, 6.45) is 1.78. The van der Waals surface area contributed by atoms with Crippen LogP contribution in [0.5, 0.6) is 0 Å². The molecule has 1 fully saturated rings. The van der Waals surface area contributed by atoms with Gasteiger partial charge in [-0.2, -0.15) is 0 Å². The molecule has 5 nitrogen and oxygen atoms in total. The van der Waals surface area contributed by atoms with E-state index in [0.29, 0.717) is 19.6 Å². The van der Waals surface area contributed by atoms with Crippen LogP contribution >= 0.6 is 15.9 Å². The van der Waals surface area contributed by atoms with Crippen LogP contribution in [0.4, 0.5) is 5.69 Å². The van der Waals surface area contributed by atoms with Crippen molar-refractivity contribution in [2.24, 2.45) is 5.92 Å². The molecule has 2 aromatic rings. The Morgan fingerprint density at radius 1 is 1.14 bits per heavy atom. The van der Waals surface area contributed by atoms with Crippen LogP contribution in [0.25, 0.3) is 0 Å². The number of likely N-dealkylation sites (tertiary alicyclic amines) is 1.